The first kappa shape index (κ1) is 14.3. The van der Waals surface area contributed by atoms with Gasteiger partial charge >= 0.3 is 0 Å². The maximum atomic E-state index is 8.93. The minimum absolute atomic E-state index is 0.666. The van der Waals surface area contributed by atoms with Crippen LogP contribution in [-0.4, -0.2) is 30.6 Å². The molecule has 0 radical (unpaired) electrons. The first-order valence-corrected chi connectivity index (χ1v) is 7.86. The molecule has 4 rings (SSSR count). The van der Waals surface area contributed by atoms with Gasteiger partial charge in [-0.3, -0.25) is 4.90 Å². The van der Waals surface area contributed by atoms with E-state index in [1.54, 1.807) is 0 Å². The van der Waals surface area contributed by atoms with E-state index in [2.05, 4.69) is 35.0 Å². The van der Waals surface area contributed by atoms with Crippen molar-refractivity contribution < 1.29 is 0 Å². The van der Waals surface area contributed by atoms with Crippen molar-refractivity contribution in [3.05, 3.63) is 48.0 Å². The van der Waals surface area contributed by atoms with Crippen molar-refractivity contribution >= 4 is 0 Å². The van der Waals surface area contributed by atoms with Gasteiger partial charge in [0, 0.05) is 25.7 Å². The van der Waals surface area contributed by atoms with Crippen molar-refractivity contribution in [1.29, 1.82) is 5.26 Å². The van der Waals surface area contributed by atoms with Crippen LogP contribution in [0.4, 0.5) is 0 Å². The van der Waals surface area contributed by atoms with Crippen molar-refractivity contribution in [1.82, 2.24) is 10.2 Å². The molecule has 21 heavy (non-hydrogen) atoms. The third kappa shape index (κ3) is 3.18. The Kier molecular flexibility index (Phi) is 4.38. The van der Waals surface area contributed by atoms with Gasteiger partial charge in [-0.2, -0.15) is 5.26 Å². The van der Waals surface area contributed by atoms with E-state index in [-0.39, 0.29) is 0 Å². The lowest BCUT2D eigenvalue weighted by Crippen LogP contribution is -2.55. The van der Waals surface area contributed by atoms with Crippen molar-refractivity contribution in [2.75, 3.05) is 19.6 Å². The second-order valence-corrected chi connectivity index (χ2v) is 6.28. The highest BCUT2D eigenvalue weighted by Crippen LogP contribution is 2.36. The molecular formula is C18H23N3. The number of piperidine rings is 3. The summed E-state index contributed by atoms with van der Waals surface area (Å²) in [5.74, 6) is 1.53. The molecule has 3 aliphatic rings. The highest BCUT2D eigenvalue weighted by atomic mass is 15.2. The molecule has 1 unspecified atom stereocenters. The molecule has 0 saturated carbocycles. The van der Waals surface area contributed by atoms with Gasteiger partial charge in [0.05, 0.1) is 11.6 Å². The van der Waals surface area contributed by atoms with Gasteiger partial charge in [0.1, 0.15) is 0 Å². The Balaban J connectivity index is 1.50. The molecule has 0 aliphatic carbocycles. The number of hydrogen-bond donors (Lipinski definition) is 1. The van der Waals surface area contributed by atoms with E-state index in [1.165, 1.54) is 31.5 Å². The van der Waals surface area contributed by atoms with Gasteiger partial charge in [0.15, 0.2) is 0 Å². The molecule has 1 aromatic carbocycles. The monoisotopic (exact) mass is 281 g/mol. The van der Waals surface area contributed by atoms with Gasteiger partial charge in [-0.1, -0.05) is 18.2 Å². The Morgan fingerprint density at radius 3 is 3.10 bits per heavy atom. The fourth-order valence-corrected chi connectivity index (χ4v) is 3.79. The molecule has 4 atom stereocenters. The van der Waals surface area contributed by atoms with E-state index in [0.717, 1.165) is 24.6 Å². The highest BCUT2D eigenvalue weighted by molar-refractivity contribution is 5.32. The average molecular weight is 281 g/mol. The van der Waals surface area contributed by atoms with Crippen molar-refractivity contribution in [2.45, 2.75) is 25.4 Å². The Labute approximate surface area is 127 Å². The summed E-state index contributed by atoms with van der Waals surface area (Å²) in [6.07, 6.45) is 4.77. The second-order valence-electron chi connectivity index (χ2n) is 6.28. The molecule has 1 aromatic rings. The third-order valence-corrected chi connectivity index (χ3v) is 5.00. The largest absolute Gasteiger partial charge is 0.311 e. The van der Waals surface area contributed by atoms with E-state index in [0.29, 0.717) is 12.0 Å². The van der Waals surface area contributed by atoms with Gasteiger partial charge in [-0.05, 0) is 48.9 Å². The van der Waals surface area contributed by atoms with Crippen LogP contribution in [-0.2, 0) is 6.54 Å². The molecule has 3 saturated heterocycles. The minimum atomic E-state index is 0.666. The lowest BCUT2D eigenvalue weighted by molar-refractivity contribution is 0.0195. The molecule has 0 spiro atoms. The van der Waals surface area contributed by atoms with Crippen LogP contribution in [0.5, 0.6) is 0 Å². The SMILES string of the molecule is C=C[C@H]1CN2CC[C@H]1C[C@@H]2CNCc1cccc(C#N)c1. The second kappa shape index (κ2) is 6.43. The number of hydrogen-bond acceptors (Lipinski definition) is 3. The Morgan fingerprint density at radius 1 is 1.48 bits per heavy atom. The first-order valence-electron chi connectivity index (χ1n) is 7.86. The molecule has 3 fully saturated rings. The molecule has 1 N–H and O–H groups in total. The molecule has 3 nitrogen and oxygen atoms in total. The Hall–Kier alpha value is -1.63. The van der Waals surface area contributed by atoms with Crippen LogP contribution >= 0.6 is 0 Å². The molecule has 0 amide bonds. The number of nitriles is 1. The van der Waals surface area contributed by atoms with E-state index < -0.39 is 0 Å². The number of rotatable bonds is 5. The standard InChI is InChI=1S/C18H23N3/c1-2-16-13-21-7-6-17(16)9-18(21)12-20-11-15-5-3-4-14(8-15)10-19/h2-5,8,16-18,20H,1,6-7,9,11-13H2/t16-,17-,18+/m0/s1. The molecule has 3 heterocycles. The zero-order valence-corrected chi connectivity index (χ0v) is 12.5. The first-order chi connectivity index (χ1) is 10.3. The van der Waals surface area contributed by atoms with Crippen LogP contribution in [0.25, 0.3) is 0 Å². The molecule has 3 aliphatic heterocycles. The maximum Gasteiger partial charge on any atom is 0.0991 e. The quantitative estimate of drug-likeness (QED) is 0.843. The summed E-state index contributed by atoms with van der Waals surface area (Å²) in [4.78, 5) is 2.62. The summed E-state index contributed by atoms with van der Waals surface area (Å²) in [5, 5.41) is 12.5. The van der Waals surface area contributed by atoms with Crippen LogP contribution in [0.2, 0.25) is 0 Å². The van der Waals surface area contributed by atoms with Gasteiger partial charge in [0.25, 0.3) is 0 Å². The predicted molar refractivity (Wildman–Crippen MR) is 84.6 cm³/mol. The van der Waals surface area contributed by atoms with Crippen LogP contribution in [0, 0.1) is 23.2 Å². The zero-order valence-electron chi connectivity index (χ0n) is 12.5. The summed E-state index contributed by atoms with van der Waals surface area (Å²) in [6.45, 7) is 8.29. The molecule has 0 aromatic heterocycles. The number of nitrogens with zero attached hydrogens (tertiary/aromatic N) is 2. The lowest BCUT2D eigenvalue weighted by atomic mass is 9.75. The average Bonchev–Trinajstić information content (AvgIpc) is 2.55. The number of nitrogens with one attached hydrogen (secondary N) is 1. The molecular weight excluding hydrogens is 258 g/mol. The van der Waals surface area contributed by atoms with Crippen molar-refractivity contribution in [3.63, 3.8) is 0 Å². The van der Waals surface area contributed by atoms with Crippen LogP contribution in [0.1, 0.15) is 24.0 Å². The summed E-state index contributed by atoms with van der Waals surface area (Å²) >= 11 is 0. The van der Waals surface area contributed by atoms with E-state index in [4.69, 9.17) is 5.26 Å². The summed E-state index contributed by atoms with van der Waals surface area (Å²) in [6, 6.07) is 10.7. The maximum absolute atomic E-state index is 8.93. The van der Waals surface area contributed by atoms with E-state index >= 15 is 0 Å². The van der Waals surface area contributed by atoms with Gasteiger partial charge in [-0.15, -0.1) is 6.58 Å². The van der Waals surface area contributed by atoms with E-state index in [9.17, 15) is 0 Å². The topological polar surface area (TPSA) is 39.1 Å². The number of fused-ring (bicyclic) bond motifs is 3. The normalized spacial score (nSPS) is 30.8. The summed E-state index contributed by atoms with van der Waals surface area (Å²) in [5.41, 5.74) is 1.93. The van der Waals surface area contributed by atoms with Gasteiger partial charge in [-0.25, -0.2) is 0 Å². The molecule has 2 bridgehead atoms. The van der Waals surface area contributed by atoms with Crippen molar-refractivity contribution in [3.8, 4) is 6.07 Å². The summed E-state index contributed by atoms with van der Waals surface area (Å²) < 4.78 is 0. The Bertz CT molecular complexity index is 546. The van der Waals surface area contributed by atoms with Crippen LogP contribution < -0.4 is 5.32 Å². The van der Waals surface area contributed by atoms with Gasteiger partial charge < -0.3 is 5.32 Å². The summed E-state index contributed by atoms with van der Waals surface area (Å²) in [7, 11) is 0. The fraction of sp³-hybridized carbons (Fsp3) is 0.500. The Morgan fingerprint density at radius 2 is 2.38 bits per heavy atom. The lowest BCUT2D eigenvalue weighted by Gasteiger charge is -2.49. The minimum Gasteiger partial charge on any atom is -0.311 e. The van der Waals surface area contributed by atoms with Gasteiger partial charge in [0.2, 0.25) is 0 Å². The fourth-order valence-electron chi connectivity index (χ4n) is 3.79. The highest BCUT2D eigenvalue weighted by Gasteiger charge is 2.38. The molecule has 110 valence electrons. The zero-order chi connectivity index (χ0) is 14.7. The smallest absolute Gasteiger partial charge is 0.0991 e. The third-order valence-electron chi connectivity index (χ3n) is 5.00. The number of benzene rings is 1. The van der Waals surface area contributed by atoms with E-state index in [1.807, 2.05) is 18.2 Å². The van der Waals surface area contributed by atoms with Crippen LogP contribution in [0.3, 0.4) is 0 Å². The van der Waals surface area contributed by atoms with Crippen LogP contribution in [0.15, 0.2) is 36.9 Å². The molecule has 3 heteroatoms. The predicted octanol–water partition coefficient (Wildman–Crippen LogP) is 2.54. The van der Waals surface area contributed by atoms with Crippen molar-refractivity contribution in [2.24, 2.45) is 11.8 Å².